The lowest BCUT2D eigenvalue weighted by atomic mass is 9.98. The molecule has 1 fully saturated rings. The molecule has 172 valence electrons. The van der Waals surface area contributed by atoms with E-state index in [1.807, 2.05) is 6.92 Å². The van der Waals surface area contributed by atoms with Crippen molar-refractivity contribution < 1.29 is 14.5 Å². The molecule has 3 rings (SSSR count). The van der Waals surface area contributed by atoms with Gasteiger partial charge in [0.1, 0.15) is 5.57 Å². The van der Waals surface area contributed by atoms with Gasteiger partial charge in [-0.25, -0.2) is 14.8 Å². The number of carbonyl (C=O) groups is 1. The molecule has 5 N–H and O–H groups in total. The van der Waals surface area contributed by atoms with Crippen LogP contribution in [0.15, 0.2) is 21.3 Å². The van der Waals surface area contributed by atoms with Crippen LogP contribution in [0, 0.1) is 0 Å². The van der Waals surface area contributed by atoms with Gasteiger partial charge in [0.2, 0.25) is 5.96 Å². The number of hydrogen-bond donors (Lipinski definition) is 3. The van der Waals surface area contributed by atoms with Crippen molar-refractivity contribution in [1.82, 2.24) is 4.90 Å². The van der Waals surface area contributed by atoms with Gasteiger partial charge in [-0.3, -0.25) is 16.5 Å². The van der Waals surface area contributed by atoms with Crippen LogP contribution in [0.4, 0.5) is 0 Å². The summed E-state index contributed by atoms with van der Waals surface area (Å²) < 4.78 is 5.55. The number of hydrogen-bond acceptors (Lipinski definition) is 5. The SMILES string of the molecule is CCCCCCC[C@@H]1C[C@@H]2CCC3=C(C(=O)OCCCC[NH+]=C(N)N)C(C)=NC(=N1)N32. The molecule has 0 saturated carbocycles. The van der Waals surface area contributed by atoms with Gasteiger partial charge in [0.25, 0.3) is 0 Å². The second-order valence-corrected chi connectivity index (χ2v) is 8.83. The molecule has 0 aliphatic carbocycles. The van der Waals surface area contributed by atoms with Gasteiger partial charge in [-0.15, -0.1) is 0 Å². The van der Waals surface area contributed by atoms with Crippen LogP contribution in [0.5, 0.6) is 0 Å². The van der Waals surface area contributed by atoms with Gasteiger partial charge in [-0.2, -0.15) is 0 Å². The molecular weight excluding hydrogens is 392 g/mol. The molecule has 0 aromatic carbocycles. The molecule has 0 bridgehead atoms. The third-order valence-electron chi connectivity index (χ3n) is 6.32. The molecule has 3 aliphatic heterocycles. The van der Waals surface area contributed by atoms with Crippen LogP contribution in [0.2, 0.25) is 0 Å². The Morgan fingerprint density at radius 2 is 2.00 bits per heavy atom. The average Bonchev–Trinajstić information content (AvgIpc) is 3.14. The molecule has 0 amide bonds. The first-order chi connectivity index (χ1) is 15.0. The number of carbonyl (C=O) groups excluding carboxylic acids is 1. The molecule has 3 aliphatic rings. The summed E-state index contributed by atoms with van der Waals surface area (Å²) in [6.45, 7) is 5.19. The number of ether oxygens (including phenoxy) is 1. The highest BCUT2D eigenvalue weighted by atomic mass is 16.5. The van der Waals surface area contributed by atoms with Gasteiger partial charge in [0.05, 0.1) is 24.9 Å². The maximum absolute atomic E-state index is 12.8. The predicted octanol–water partition coefficient (Wildman–Crippen LogP) is 1.35. The van der Waals surface area contributed by atoms with Crippen LogP contribution in [0.1, 0.15) is 84.5 Å². The van der Waals surface area contributed by atoms with Gasteiger partial charge in [-0.1, -0.05) is 39.0 Å². The van der Waals surface area contributed by atoms with Crippen molar-refractivity contribution in [2.24, 2.45) is 21.5 Å². The van der Waals surface area contributed by atoms with E-state index in [0.717, 1.165) is 55.9 Å². The summed E-state index contributed by atoms with van der Waals surface area (Å²) in [7, 11) is 0. The monoisotopic (exact) mass is 431 g/mol. The largest absolute Gasteiger partial charge is 0.462 e. The standard InChI is InChI=1S/C23H38N6O2/c1-3-4-5-6-7-10-17-15-18-11-12-19-20(16(2)27-23(28-17)29(18)19)21(30)31-14-9-8-13-26-22(24)25/h17-18H,3-15H2,1-2H3,(H4,24,25,26)/p+1/t17-,18+/m1/s1. The molecule has 2 atom stereocenters. The van der Waals surface area contributed by atoms with E-state index in [2.05, 4.69) is 16.8 Å². The fraction of sp³-hybridized carbons (Fsp3) is 0.739. The maximum atomic E-state index is 12.8. The van der Waals surface area contributed by atoms with Gasteiger partial charge in [-0.05, 0) is 45.4 Å². The Balaban J connectivity index is 1.57. The Morgan fingerprint density at radius 1 is 1.19 bits per heavy atom. The van der Waals surface area contributed by atoms with E-state index >= 15 is 0 Å². The Hall–Kier alpha value is -2.38. The van der Waals surface area contributed by atoms with E-state index in [4.69, 9.17) is 26.2 Å². The second kappa shape index (κ2) is 11.3. The van der Waals surface area contributed by atoms with Crippen molar-refractivity contribution in [3.8, 4) is 0 Å². The predicted molar refractivity (Wildman–Crippen MR) is 124 cm³/mol. The number of nitrogens with zero attached hydrogens (tertiary/aromatic N) is 3. The molecule has 0 spiro atoms. The fourth-order valence-electron chi connectivity index (χ4n) is 4.74. The van der Waals surface area contributed by atoms with Gasteiger partial charge in [0, 0.05) is 11.7 Å². The topological polar surface area (TPSA) is 120 Å². The smallest absolute Gasteiger partial charge is 0.341 e. The van der Waals surface area contributed by atoms with Gasteiger partial charge < -0.3 is 9.64 Å². The molecule has 3 heterocycles. The minimum Gasteiger partial charge on any atom is -0.462 e. The number of nitrogens with one attached hydrogen (secondary N) is 1. The highest BCUT2D eigenvalue weighted by molar-refractivity contribution is 6.23. The van der Waals surface area contributed by atoms with Gasteiger partial charge in [0.15, 0.2) is 0 Å². The Labute approximate surface area is 185 Å². The molecule has 1 saturated heterocycles. The molecule has 8 heteroatoms. The van der Waals surface area contributed by atoms with Crippen LogP contribution < -0.4 is 16.5 Å². The molecular formula is C23H39N6O2+. The summed E-state index contributed by atoms with van der Waals surface area (Å²) in [5.74, 6) is 0.747. The van der Waals surface area contributed by atoms with E-state index in [1.165, 1.54) is 32.1 Å². The maximum Gasteiger partial charge on any atom is 0.341 e. The minimum absolute atomic E-state index is 0.214. The highest BCUT2D eigenvalue weighted by Gasteiger charge is 2.42. The zero-order valence-electron chi connectivity index (χ0n) is 19.2. The van der Waals surface area contributed by atoms with Gasteiger partial charge >= 0.3 is 11.9 Å². The van der Waals surface area contributed by atoms with E-state index < -0.39 is 0 Å². The number of nitrogens with two attached hydrogens (primary N) is 2. The summed E-state index contributed by atoms with van der Waals surface area (Å²) in [6, 6.07) is 0.766. The summed E-state index contributed by atoms with van der Waals surface area (Å²) in [6.07, 6.45) is 12.2. The molecule has 0 unspecified atom stereocenters. The Morgan fingerprint density at radius 3 is 2.77 bits per heavy atom. The van der Waals surface area contributed by atoms with Crippen molar-refractivity contribution >= 4 is 23.6 Å². The highest BCUT2D eigenvalue weighted by Crippen LogP contribution is 2.39. The first-order valence-electron chi connectivity index (χ1n) is 12.0. The van der Waals surface area contributed by atoms with Crippen LogP contribution in [0.25, 0.3) is 0 Å². The number of allylic oxidation sites excluding steroid dienone is 1. The zero-order valence-corrected chi connectivity index (χ0v) is 19.2. The molecule has 31 heavy (non-hydrogen) atoms. The quantitative estimate of drug-likeness (QED) is 0.186. The van der Waals surface area contributed by atoms with Crippen LogP contribution in [-0.2, 0) is 9.53 Å². The first kappa shape index (κ1) is 23.3. The average molecular weight is 432 g/mol. The van der Waals surface area contributed by atoms with Crippen LogP contribution >= 0.6 is 0 Å². The third-order valence-corrected chi connectivity index (χ3v) is 6.32. The van der Waals surface area contributed by atoms with Crippen molar-refractivity contribution in [3.63, 3.8) is 0 Å². The first-order valence-corrected chi connectivity index (χ1v) is 12.0. The number of esters is 1. The fourth-order valence-corrected chi connectivity index (χ4v) is 4.74. The van der Waals surface area contributed by atoms with E-state index in [1.54, 1.807) is 0 Å². The molecule has 0 radical (unpaired) electrons. The van der Waals surface area contributed by atoms with Crippen molar-refractivity contribution in [1.29, 1.82) is 0 Å². The van der Waals surface area contributed by atoms with E-state index in [9.17, 15) is 4.79 Å². The number of rotatable bonds is 12. The van der Waals surface area contributed by atoms with Crippen LogP contribution in [-0.4, -0.2) is 53.7 Å². The number of aliphatic imine (C=N–C) groups is 2. The zero-order chi connectivity index (χ0) is 22.2. The Bertz CT molecular complexity index is 766. The molecule has 8 nitrogen and oxygen atoms in total. The summed E-state index contributed by atoms with van der Waals surface area (Å²) in [4.78, 5) is 27.6. The van der Waals surface area contributed by atoms with Crippen molar-refractivity contribution in [3.05, 3.63) is 11.3 Å². The number of unbranched alkanes of at least 4 members (excludes halogenated alkanes) is 5. The van der Waals surface area contributed by atoms with Crippen molar-refractivity contribution in [2.75, 3.05) is 13.2 Å². The van der Waals surface area contributed by atoms with Crippen LogP contribution in [0.3, 0.4) is 0 Å². The lowest BCUT2D eigenvalue weighted by molar-refractivity contribution is -0.459. The molecule has 0 aromatic rings. The number of guanidine groups is 2. The lowest BCUT2D eigenvalue weighted by Gasteiger charge is -2.36. The second-order valence-electron chi connectivity index (χ2n) is 8.83. The van der Waals surface area contributed by atoms with E-state index in [-0.39, 0.29) is 11.9 Å². The summed E-state index contributed by atoms with van der Waals surface area (Å²) in [5.41, 5.74) is 13.2. The lowest BCUT2D eigenvalue weighted by Crippen LogP contribution is -2.78. The summed E-state index contributed by atoms with van der Waals surface area (Å²) >= 11 is 0. The summed E-state index contributed by atoms with van der Waals surface area (Å²) in [5, 5.41) is 0. The Kier molecular flexibility index (Phi) is 8.49. The molecule has 0 aromatic heterocycles. The minimum atomic E-state index is -0.271. The van der Waals surface area contributed by atoms with E-state index in [0.29, 0.717) is 30.8 Å². The normalized spacial score (nSPS) is 22.1. The van der Waals surface area contributed by atoms with Crippen molar-refractivity contribution in [2.45, 2.75) is 96.6 Å². The third kappa shape index (κ3) is 6.08.